The first-order valence-corrected chi connectivity index (χ1v) is 8.86. The molecule has 2 heteroatoms. The first kappa shape index (κ1) is 15.1. The summed E-state index contributed by atoms with van der Waals surface area (Å²) in [6.07, 6.45) is 7.88. The number of piperidine rings is 1. The second-order valence-electron chi connectivity index (χ2n) is 6.90. The Labute approximate surface area is 129 Å². The minimum Gasteiger partial charge on any atom is -0.311 e. The first-order chi connectivity index (χ1) is 10.3. The Kier molecular flexibility index (Phi) is 4.97. The third kappa shape index (κ3) is 3.67. The highest BCUT2D eigenvalue weighted by molar-refractivity contribution is 5.22. The molecule has 116 valence electrons. The Bertz CT molecular complexity index is 427. The number of nitrogens with zero attached hydrogens (tertiary/aromatic N) is 1. The van der Waals surface area contributed by atoms with Gasteiger partial charge in [-0.05, 0) is 56.2 Å². The summed E-state index contributed by atoms with van der Waals surface area (Å²) in [4.78, 5) is 2.74. The van der Waals surface area contributed by atoms with Crippen molar-refractivity contribution in [1.29, 1.82) is 0 Å². The summed E-state index contributed by atoms with van der Waals surface area (Å²) in [5, 5.41) is 3.77. The normalized spacial score (nSPS) is 28.2. The number of nitrogens with one attached hydrogen (secondary N) is 1. The third-order valence-corrected chi connectivity index (χ3v) is 5.29. The topological polar surface area (TPSA) is 15.3 Å². The summed E-state index contributed by atoms with van der Waals surface area (Å²) in [7, 11) is 0. The first-order valence-electron chi connectivity index (χ1n) is 8.86. The molecule has 2 bridgehead atoms. The van der Waals surface area contributed by atoms with E-state index in [0.29, 0.717) is 0 Å². The predicted octanol–water partition coefficient (Wildman–Crippen LogP) is 3.74. The average molecular weight is 286 g/mol. The van der Waals surface area contributed by atoms with Gasteiger partial charge < -0.3 is 5.32 Å². The van der Waals surface area contributed by atoms with Gasteiger partial charge in [-0.25, -0.2) is 0 Å². The lowest BCUT2D eigenvalue weighted by atomic mass is 9.97. The maximum Gasteiger partial charge on any atom is 0.0236 e. The van der Waals surface area contributed by atoms with Gasteiger partial charge in [-0.15, -0.1) is 0 Å². The fourth-order valence-electron chi connectivity index (χ4n) is 4.12. The zero-order valence-corrected chi connectivity index (χ0v) is 13.6. The van der Waals surface area contributed by atoms with Crippen molar-refractivity contribution in [2.45, 2.75) is 77.0 Å². The molecule has 0 saturated carbocycles. The molecule has 21 heavy (non-hydrogen) atoms. The van der Waals surface area contributed by atoms with Crippen LogP contribution in [-0.2, 0) is 13.0 Å². The molecule has 3 rings (SSSR count). The quantitative estimate of drug-likeness (QED) is 0.857. The van der Waals surface area contributed by atoms with Crippen LogP contribution in [0.4, 0.5) is 0 Å². The van der Waals surface area contributed by atoms with E-state index in [1.165, 1.54) is 49.8 Å². The van der Waals surface area contributed by atoms with E-state index < -0.39 is 0 Å². The number of hydrogen-bond donors (Lipinski definition) is 1. The summed E-state index contributed by atoms with van der Waals surface area (Å²) in [5.74, 6) is 0. The zero-order valence-electron chi connectivity index (χ0n) is 13.6. The Balaban J connectivity index is 1.65. The van der Waals surface area contributed by atoms with E-state index in [9.17, 15) is 0 Å². The molecule has 2 fully saturated rings. The van der Waals surface area contributed by atoms with Gasteiger partial charge in [0.1, 0.15) is 0 Å². The van der Waals surface area contributed by atoms with E-state index in [1.54, 1.807) is 0 Å². The molecule has 1 aromatic carbocycles. The molecule has 2 heterocycles. The number of hydrogen-bond acceptors (Lipinski definition) is 2. The molecule has 0 radical (unpaired) electrons. The highest BCUT2D eigenvalue weighted by atomic mass is 15.2. The molecule has 2 unspecified atom stereocenters. The number of rotatable bonds is 6. The summed E-state index contributed by atoms with van der Waals surface area (Å²) in [6, 6.07) is 11.6. The molecule has 1 aromatic rings. The van der Waals surface area contributed by atoms with Crippen LogP contribution in [0.3, 0.4) is 0 Å². The average Bonchev–Trinajstić information content (AvgIpc) is 2.86. The van der Waals surface area contributed by atoms with Crippen LogP contribution in [-0.4, -0.2) is 29.6 Å². The molecular weight excluding hydrogens is 256 g/mol. The summed E-state index contributed by atoms with van der Waals surface area (Å²) in [5.41, 5.74) is 2.92. The zero-order chi connectivity index (χ0) is 14.7. The summed E-state index contributed by atoms with van der Waals surface area (Å²) < 4.78 is 0. The van der Waals surface area contributed by atoms with Crippen LogP contribution in [0.15, 0.2) is 24.3 Å². The second-order valence-corrected chi connectivity index (χ2v) is 6.90. The van der Waals surface area contributed by atoms with Gasteiger partial charge in [0.15, 0.2) is 0 Å². The van der Waals surface area contributed by atoms with Gasteiger partial charge in [0.25, 0.3) is 0 Å². The number of fused-ring (bicyclic) bond motifs is 2. The van der Waals surface area contributed by atoms with Crippen molar-refractivity contribution < 1.29 is 0 Å². The van der Waals surface area contributed by atoms with Crippen molar-refractivity contribution >= 4 is 0 Å². The van der Waals surface area contributed by atoms with Crippen LogP contribution in [0, 0.1) is 0 Å². The molecule has 1 N–H and O–H groups in total. The molecule has 2 saturated heterocycles. The Morgan fingerprint density at radius 3 is 2.19 bits per heavy atom. The molecule has 2 aliphatic heterocycles. The summed E-state index contributed by atoms with van der Waals surface area (Å²) >= 11 is 0. The maximum absolute atomic E-state index is 3.77. The molecule has 2 aliphatic rings. The van der Waals surface area contributed by atoms with Gasteiger partial charge in [-0.2, -0.15) is 0 Å². The maximum atomic E-state index is 3.77. The van der Waals surface area contributed by atoms with Crippen molar-refractivity contribution in [3.63, 3.8) is 0 Å². The second kappa shape index (κ2) is 6.93. The fourth-order valence-corrected chi connectivity index (χ4v) is 4.12. The number of benzene rings is 1. The Morgan fingerprint density at radius 1 is 1.00 bits per heavy atom. The smallest absolute Gasteiger partial charge is 0.0236 e. The van der Waals surface area contributed by atoms with Crippen LogP contribution >= 0.6 is 0 Å². The van der Waals surface area contributed by atoms with E-state index in [-0.39, 0.29) is 0 Å². The molecule has 0 amide bonds. The van der Waals surface area contributed by atoms with Gasteiger partial charge in [-0.1, -0.05) is 38.1 Å². The van der Waals surface area contributed by atoms with Crippen molar-refractivity contribution in [2.75, 3.05) is 6.54 Å². The van der Waals surface area contributed by atoms with Crippen LogP contribution in [0.2, 0.25) is 0 Å². The van der Waals surface area contributed by atoms with Crippen LogP contribution in [0.1, 0.15) is 57.1 Å². The van der Waals surface area contributed by atoms with Gasteiger partial charge in [0.05, 0.1) is 0 Å². The standard InChI is InChI=1S/C19H30N2/c1-3-11-21(14-16-7-5-15(4-2)6-8-16)19-12-17-9-10-18(13-19)20-17/h5-8,17-20H,3-4,9-14H2,1-2H3. The lowest BCUT2D eigenvalue weighted by Gasteiger charge is -2.38. The van der Waals surface area contributed by atoms with Gasteiger partial charge >= 0.3 is 0 Å². The van der Waals surface area contributed by atoms with E-state index in [0.717, 1.165) is 31.1 Å². The highest BCUT2D eigenvalue weighted by Gasteiger charge is 2.35. The van der Waals surface area contributed by atoms with Crippen molar-refractivity contribution in [1.82, 2.24) is 10.2 Å². The highest BCUT2D eigenvalue weighted by Crippen LogP contribution is 2.30. The number of aryl methyl sites for hydroxylation is 1. The Morgan fingerprint density at radius 2 is 1.62 bits per heavy atom. The van der Waals surface area contributed by atoms with Crippen molar-refractivity contribution in [3.8, 4) is 0 Å². The lowest BCUT2D eigenvalue weighted by Crippen LogP contribution is -2.48. The third-order valence-electron chi connectivity index (χ3n) is 5.29. The van der Waals surface area contributed by atoms with Gasteiger partial charge in [-0.3, -0.25) is 4.90 Å². The van der Waals surface area contributed by atoms with Crippen molar-refractivity contribution in [2.24, 2.45) is 0 Å². The SMILES string of the molecule is CCCN(Cc1ccc(CC)cc1)C1CC2CCC(C1)N2. The molecule has 2 nitrogen and oxygen atoms in total. The molecule has 0 aliphatic carbocycles. The van der Waals surface area contributed by atoms with E-state index in [1.807, 2.05) is 0 Å². The molecule has 2 atom stereocenters. The summed E-state index contributed by atoms with van der Waals surface area (Å²) in [6.45, 7) is 6.90. The van der Waals surface area contributed by atoms with Crippen LogP contribution < -0.4 is 5.32 Å². The predicted molar refractivity (Wildman–Crippen MR) is 89.5 cm³/mol. The molecule has 0 spiro atoms. The fraction of sp³-hybridized carbons (Fsp3) is 0.684. The van der Waals surface area contributed by atoms with Crippen LogP contribution in [0.25, 0.3) is 0 Å². The Hall–Kier alpha value is -0.860. The van der Waals surface area contributed by atoms with Crippen molar-refractivity contribution in [3.05, 3.63) is 35.4 Å². The molecule has 0 aromatic heterocycles. The van der Waals surface area contributed by atoms with E-state index in [2.05, 4.69) is 48.3 Å². The van der Waals surface area contributed by atoms with E-state index >= 15 is 0 Å². The minimum absolute atomic E-state index is 0.787. The van der Waals surface area contributed by atoms with Crippen LogP contribution in [0.5, 0.6) is 0 Å². The molecular formula is C19H30N2. The van der Waals surface area contributed by atoms with Gasteiger partial charge in [0, 0.05) is 24.7 Å². The monoisotopic (exact) mass is 286 g/mol. The van der Waals surface area contributed by atoms with E-state index in [4.69, 9.17) is 0 Å². The van der Waals surface area contributed by atoms with Gasteiger partial charge in [0.2, 0.25) is 0 Å². The lowest BCUT2D eigenvalue weighted by molar-refractivity contribution is 0.134. The minimum atomic E-state index is 0.787. The largest absolute Gasteiger partial charge is 0.311 e.